The lowest BCUT2D eigenvalue weighted by Gasteiger charge is -2.35. The van der Waals surface area contributed by atoms with Crippen LogP contribution in [-0.2, 0) is 24.9 Å². The number of ether oxygens (including phenoxy) is 1. The Labute approximate surface area is 142 Å². The second-order valence-corrected chi connectivity index (χ2v) is 6.28. The number of piperazine rings is 1. The molecule has 3 rings (SSSR count). The normalized spacial score (nSPS) is 18.1. The number of aryl methyl sites for hydroxylation is 1. The van der Waals surface area contributed by atoms with E-state index in [-0.39, 0.29) is 0 Å². The van der Waals surface area contributed by atoms with Crippen LogP contribution in [0.25, 0.3) is 0 Å². The van der Waals surface area contributed by atoms with Gasteiger partial charge in [0.1, 0.15) is 18.2 Å². The number of imidazole rings is 1. The summed E-state index contributed by atoms with van der Waals surface area (Å²) >= 11 is 0. The van der Waals surface area contributed by atoms with Crippen LogP contribution in [0.1, 0.15) is 11.6 Å². The Balaban J connectivity index is 1.32. The fourth-order valence-electron chi connectivity index (χ4n) is 2.92. The first-order valence-electron chi connectivity index (χ1n) is 8.40. The molecule has 0 bridgehead atoms. The average Bonchev–Trinajstić information content (AvgIpc) is 3.22. The van der Waals surface area contributed by atoms with Crippen LogP contribution in [0, 0.1) is 0 Å². The van der Waals surface area contributed by atoms with Crippen molar-refractivity contribution in [3.05, 3.63) is 42.4 Å². The topological polar surface area (TPSA) is 66.9 Å². The van der Waals surface area contributed by atoms with Crippen LogP contribution in [0.15, 0.2) is 35.2 Å². The molecule has 0 amide bonds. The molecular formula is C17H26N4O3. The molecule has 7 nitrogen and oxygen atoms in total. The van der Waals surface area contributed by atoms with Gasteiger partial charge in [-0.25, -0.2) is 4.98 Å². The van der Waals surface area contributed by atoms with E-state index in [1.54, 1.807) is 6.26 Å². The van der Waals surface area contributed by atoms with Gasteiger partial charge >= 0.3 is 0 Å². The summed E-state index contributed by atoms with van der Waals surface area (Å²) in [6.45, 7) is 6.16. The Morgan fingerprint density at radius 3 is 2.75 bits per heavy atom. The molecule has 0 radical (unpaired) electrons. The minimum atomic E-state index is -0.471. The third kappa shape index (κ3) is 4.91. The lowest BCUT2D eigenvalue weighted by atomic mass is 10.2. The Morgan fingerprint density at radius 1 is 1.29 bits per heavy atom. The van der Waals surface area contributed by atoms with Gasteiger partial charge in [-0.15, -0.1) is 0 Å². The zero-order valence-electron chi connectivity index (χ0n) is 14.2. The minimum Gasteiger partial charge on any atom is -0.467 e. The number of aliphatic hydroxyl groups is 1. The van der Waals surface area contributed by atoms with Gasteiger partial charge in [0.05, 0.1) is 25.5 Å². The van der Waals surface area contributed by atoms with Gasteiger partial charge in [0.25, 0.3) is 0 Å². The first-order valence-corrected chi connectivity index (χ1v) is 8.40. The van der Waals surface area contributed by atoms with Crippen molar-refractivity contribution in [3.63, 3.8) is 0 Å². The number of aliphatic hydroxyl groups excluding tert-OH is 1. The molecule has 132 valence electrons. The molecule has 0 aliphatic carbocycles. The highest BCUT2D eigenvalue weighted by molar-refractivity contribution is 4.96. The minimum absolute atomic E-state index is 0.328. The molecule has 1 atom stereocenters. The van der Waals surface area contributed by atoms with Crippen molar-refractivity contribution in [2.75, 3.05) is 39.3 Å². The molecule has 1 fully saturated rings. The van der Waals surface area contributed by atoms with E-state index in [0.29, 0.717) is 19.8 Å². The first-order chi connectivity index (χ1) is 11.7. The molecule has 3 heterocycles. The molecule has 7 heteroatoms. The summed E-state index contributed by atoms with van der Waals surface area (Å²) in [6, 6.07) is 3.70. The number of aromatic nitrogens is 2. The maximum Gasteiger partial charge on any atom is 0.129 e. The number of furan rings is 1. The third-order valence-electron chi connectivity index (χ3n) is 4.35. The predicted molar refractivity (Wildman–Crippen MR) is 89.3 cm³/mol. The molecule has 0 saturated carbocycles. The van der Waals surface area contributed by atoms with Crippen molar-refractivity contribution < 1.29 is 14.3 Å². The van der Waals surface area contributed by atoms with Crippen LogP contribution in [-0.4, -0.2) is 69.9 Å². The average molecular weight is 334 g/mol. The van der Waals surface area contributed by atoms with E-state index in [1.807, 2.05) is 31.6 Å². The van der Waals surface area contributed by atoms with E-state index >= 15 is 0 Å². The van der Waals surface area contributed by atoms with E-state index in [0.717, 1.165) is 44.3 Å². The van der Waals surface area contributed by atoms with E-state index in [1.165, 1.54) is 0 Å². The largest absolute Gasteiger partial charge is 0.467 e. The Morgan fingerprint density at radius 2 is 2.08 bits per heavy atom. The molecule has 0 unspecified atom stereocenters. The SMILES string of the molecule is Cn1ccnc1CN1CCN(C[C@H](O)COCc2ccco2)CC1. The van der Waals surface area contributed by atoms with Crippen molar-refractivity contribution in [3.8, 4) is 0 Å². The summed E-state index contributed by atoms with van der Waals surface area (Å²) in [4.78, 5) is 9.06. The van der Waals surface area contributed by atoms with Gasteiger partial charge < -0.3 is 18.8 Å². The van der Waals surface area contributed by atoms with Gasteiger partial charge in [-0.1, -0.05) is 0 Å². The zero-order valence-corrected chi connectivity index (χ0v) is 14.2. The highest BCUT2D eigenvalue weighted by atomic mass is 16.5. The number of hydrogen-bond acceptors (Lipinski definition) is 6. The Bertz CT molecular complexity index is 591. The second kappa shape index (κ2) is 8.43. The molecule has 0 aromatic carbocycles. The molecule has 24 heavy (non-hydrogen) atoms. The van der Waals surface area contributed by atoms with Gasteiger partial charge in [0, 0.05) is 52.2 Å². The molecule has 2 aromatic heterocycles. The monoisotopic (exact) mass is 334 g/mol. The van der Waals surface area contributed by atoms with Crippen LogP contribution in [0.5, 0.6) is 0 Å². The Kier molecular flexibility index (Phi) is 6.03. The quantitative estimate of drug-likeness (QED) is 0.767. The van der Waals surface area contributed by atoms with E-state index < -0.39 is 6.10 Å². The van der Waals surface area contributed by atoms with Crippen molar-refractivity contribution in [1.82, 2.24) is 19.4 Å². The van der Waals surface area contributed by atoms with Crippen LogP contribution in [0.3, 0.4) is 0 Å². The molecule has 1 aliphatic heterocycles. The van der Waals surface area contributed by atoms with E-state index in [4.69, 9.17) is 9.15 Å². The number of β-amino-alcohol motifs (C(OH)–C–C–N with tert-alkyl or cyclic N) is 1. The number of hydrogen-bond donors (Lipinski definition) is 1. The maximum atomic E-state index is 10.1. The molecule has 1 N–H and O–H groups in total. The van der Waals surface area contributed by atoms with Gasteiger partial charge in [-0.05, 0) is 12.1 Å². The van der Waals surface area contributed by atoms with Crippen LogP contribution in [0.4, 0.5) is 0 Å². The summed E-state index contributed by atoms with van der Waals surface area (Å²) in [6.07, 6.45) is 4.97. The molecule has 1 saturated heterocycles. The number of rotatable bonds is 8. The smallest absolute Gasteiger partial charge is 0.129 e. The lowest BCUT2D eigenvalue weighted by Crippen LogP contribution is -2.48. The van der Waals surface area contributed by atoms with Crippen molar-refractivity contribution in [2.24, 2.45) is 7.05 Å². The van der Waals surface area contributed by atoms with Crippen LogP contribution < -0.4 is 0 Å². The van der Waals surface area contributed by atoms with Crippen LogP contribution >= 0.6 is 0 Å². The fourth-order valence-corrected chi connectivity index (χ4v) is 2.92. The molecule has 2 aromatic rings. The standard InChI is InChI=1S/C17H26N4O3/c1-19-5-4-18-17(19)12-21-8-6-20(7-9-21)11-15(22)13-23-14-16-3-2-10-24-16/h2-5,10,15,22H,6-9,11-14H2,1H3/t15-/m0/s1. The van der Waals surface area contributed by atoms with Crippen molar-refractivity contribution >= 4 is 0 Å². The van der Waals surface area contributed by atoms with E-state index in [2.05, 4.69) is 19.4 Å². The third-order valence-corrected chi connectivity index (χ3v) is 4.35. The molecule has 1 aliphatic rings. The summed E-state index contributed by atoms with van der Waals surface area (Å²) in [5.41, 5.74) is 0. The van der Waals surface area contributed by atoms with E-state index in [9.17, 15) is 5.11 Å². The van der Waals surface area contributed by atoms with Gasteiger partial charge in [0.2, 0.25) is 0 Å². The second-order valence-electron chi connectivity index (χ2n) is 6.28. The highest BCUT2D eigenvalue weighted by Crippen LogP contribution is 2.08. The molecule has 0 spiro atoms. The summed E-state index contributed by atoms with van der Waals surface area (Å²) in [5, 5.41) is 10.1. The van der Waals surface area contributed by atoms with Gasteiger partial charge in [-0.3, -0.25) is 9.80 Å². The summed E-state index contributed by atoms with van der Waals surface area (Å²) in [5.74, 6) is 1.87. The summed E-state index contributed by atoms with van der Waals surface area (Å²) < 4.78 is 12.8. The highest BCUT2D eigenvalue weighted by Gasteiger charge is 2.20. The van der Waals surface area contributed by atoms with Crippen LogP contribution in [0.2, 0.25) is 0 Å². The molecular weight excluding hydrogens is 308 g/mol. The summed E-state index contributed by atoms with van der Waals surface area (Å²) in [7, 11) is 2.03. The zero-order chi connectivity index (χ0) is 16.8. The lowest BCUT2D eigenvalue weighted by molar-refractivity contribution is -0.00326. The Hall–Kier alpha value is -1.67. The first kappa shape index (κ1) is 17.2. The maximum absolute atomic E-state index is 10.1. The van der Waals surface area contributed by atoms with Gasteiger partial charge in [-0.2, -0.15) is 0 Å². The predicted octanol–water partition coefficient (Wildman–Crippen LogP) is 0.708. The van der Waals surface area contributed by atoms with Crippen molar-refractivity contribution in [2.45, 2.75) is 19.3 Å². The van der Waals surface area contributed by atoms with Crippen molar-refractivity contribution in [1.29, 1.82) is 0 Å². The number of nitrogens with zero attached hydrogens (tertiary/aromatic N) is 4. The van der Waals surface area contributed by atoms with Gasteiger partial charge in [0.15, 0.2) is 0 Å². The fraction of sp³-hybridized carbons (Fsp3) is 0.588.